The van der Waals surface area contributed by atoms with Crippen LogP contribution in [0.25, 0.3) is 0 Å². The molecular weight excluding hydrogens is 456 g/mol. The summed E-state index contributed by atoms with van der Waals surface area (Å²) in [5.74, 6) is -0.252. The molecule has 1 rings (SSSR count). The number of carbonyl (C=O) groups excluding carboxylic acids is 3. The zero-order valence-electron chi connectivity index (χ0n) is 22.8. The smallest absolute Gasteiger partial charge is 0.245 e. The molecule has 3 amide bonds. The van der Waals surface area contributed by atoms with Gasteiger partial charge < -0.3 is 26.8 Å². The highest BCUT2D eigenvalue weighted by atomic mass is 16.3. The van der Waals surface area contributed by atoms with Crippen LogP contribution in [0.5, 0.6) is 0 Å². The Kier molecular flexibility index (Phi) is 19.3. The molecule has 210 valence electrons. The van der Waals surface area contributed by atoms with Gasteiger partial charge in [-0.1, -0.05) is 90.4 Å². The quantitative estimate of drug-likeness (QED) is 0.150. The SMILES string of the molecule is CCCC[C@H](NC(=O)[C@H](CO)NC(=O)CCCCCCCCCCN)C(=O)NCCC1CCCCC1. The third kappa shape index (κ3) is 15.4. The average molecular weight is 511 g/mol. The Labute approximate surface area is 219 Å². The van der Waals surface area contributed by atoms with Crippen molar-refractivity contribution in [2.45, 2.75) is 135 Å². The van der Waals surface area contributed by atoms with E-state index < -0.39 is 24.6 Å². The van der Waals surface area contributed by atoms with Gasteiger partial charge in [0.25, 0.3) is 0 Å². The number of aliphatic hydroxyl groups excluding tert-OH is 1. The van der Waals surface area contributed by atoms with Crippen LogP contribution < -0.4 is 21.7 Å². The summed E-state index contributed by atoms with van der Waals surface area (Å²) in [5.41, 5.74) is 5.50. The van der Waals surface area contributed by atoms with Crippen LogP contribution in [0.3, 0.4) is 0 Å². The number of hydrogen-bond donors (Lipinski definition) is 5. The molecule has 0 aliphatic heterocycles. The molecule has 2 atom stereocenters. The minimum atomic E-state index is -1.04. The van der Waals surface area contributed by atoms with Crippen molar-refractivity contribution in [1.82, 2.24) is 16.0 Å². The summed E-state index contributed by atoms with van der Waals surface area (Å²) < 4.78 is 0. The summed E-state index contributed by atoms with van der Waals surface area (Å²) >= 11 is 0. The van der Waals surface area contributed by atoms with Crippen molar-refractivity contribution in [2.75, 3.05) is 19.7 Å². The van der Waals surface area contributed by atoms with E-state index in [0.717, 1.165) is 57.9 Å². The number of rotatable bonds is 21. The predicted molar refractivity (Wildman–Crippen MR) is 145 cm³/mol. The van der Waals surface area contributed by atoms with Gasteiger partial charge in [-0.25, -0.2) is 0 Å². The third-order valence-corrected chi connectivity index (χ3v) is 7.25. The summed E-state index contributed by atoms with van der Waals surface area (Å²) in [7, 11) is 0. The van der Waals surface area contributed by atoms with Crippen molar-refractivity contribution in [2.24, 2.45) is 11.7 Å². The molecule has 0 aromatic carbocycles. The van der Waals surface area contributed by atoms with Crippen LogP contribution in [-0.2, 0) is 14.4 Å². The van der Waals surface area contributed by atoms with Crippen LogP contribution in [0.4, 0.5) is 0 Å². The van der Waals surface area contributed by atoms with E-state index in [1.165, 1.54) is 51.4 Å². The lowest BCUT2D eigenvalue weighted by Gasteiger charge is -2.24. The fourth-order valence-corrected chi connectivity index (χ4v) is 4.90. The first-order valence-corrected chi connectivity index (χ1v) is 14.7. The van der Waals surface area contributed by atoms with E-state index in [0.29, 0.717) is 25.3 Å². The molecule has 0 heterocycles. The minimum Gasteiger partial charge on any atom is -0.394 e. The van der Waals surface area contributed by atoms with E-state index in [1.807, 2.05) is 6.92 Å². The van der Waals surface area contributed by atoms with Crippen LogP contribution in [0.1, 0.15) is 122 Å². The molecule has 8 nitrogen and oxygen atoms in total. The number of hydrogen-bond acceptors (Lipinski definition) is 5. The molecule has 0 spiro atoms. The number of aliphatic hydroxyl groups is 1. The average Bonchev–Trinajstić information content (AvgIpc) is 2.89. The number of unbranched alkanes of at least 4 members (excludes halogenated alkanes) is 8. The van der Waals surface area contributed by atoms with Gasteiger partial charge in [0.1, 0.15) is 12.1 Å². The van der Waals surface area contributed by atoms with Gasteiger partial charge >= 0.3 is 0 Å². The molecule has 0 radical (unpaired) electrons. The molecular formula is C28H54N4O4. The Morgan fingerprint density at radius 1 is 0.833 bits per heavy atom. The van der Waals surface area contributed by atoms with Crippen molar-refractivity contribution in [3.05, 3.63) is 0 Å². The lowest BCUT2D eigenvalue weighted by atomic mass is 9.87. The highest BCUT2D eigenvalue weighted by Crippen LogP contribution is 2.25. The number of nitrogens with two attached hydrogens (primary N) is 1. The first kappa shape index (κ1) is 32.4. The zero-order valence-corrected chi connectivity index (χ0v) is 22.8. The topological polar surface area (TPSA) is 134 Å². The van der Waals surface area contributed by atoms with Gasteiger partial charge in [-0.3, -0.25) is 14.4 Å². The normalized spacial score (nSPS) is 15.8. The van der Waals surface area contributed by atoms with Crippen LogP contribution in [-0.4, -0.2) is 54.6 Å². The molecule has 8 heteroatoms. The van der Waals surface area contributed by atoms with E-state index in [-0.39, 0.29) is 11.8 Å². The van der Waals surface area contributed by atoms with Gasteiger partial charge in [-0.15, -0.1) is 0 Å². The van der Waals surface area contributed by atoms with Crippen molar-refractivity contribution in [1.29, 1.82) is 0 Å². The van der Waals surface area contributed by atoms with Gasteiger partial charge in [0, 0.05) is 13.0 Å². The molecule has 1 fully saturated rings. The summed E-state index contributed by atoms with van der Waals surface area (Å²) in [5, 5.41) is 18.1. The third-order valence-electron chi connectivity index (χ3n) is 7.25. The zero-order chi connectivity index (χ0) is 26.4. The Morgan fingerprint density at radius 2 is 1.47 bits per heavy atom. The second-order valence-electron chi connectivity index (χ2n) is 10.5. The Morgan fingerprint density at radius 3 is 2.08 bits per heavy atom. The van der Waals surface area contributed by atoms with Gasteiger partial charge in [0.05, 0.1) is 6.61 Å². The Bertz CT molecular complexity index is 596. The molecule has 1 aliphatic rings. The fourth-order valence-electron chi connectivity index (χ4n) is 4.90. The molecule has 1 aliphatic carbocycles. The van der Waals surface area contributed by atoms with Gasteiger partial charge in [0.15, 0.2) is 0 Å². The molecule has 6 N–H and O–H groups in total. The van der Waals surface area contributed by atoms with E-state index in [1.54, 1.807) is 0 Å². The first-order chi connectivity index (χ1) is 17.5. The van der Waals surface area contributed by atoms with Crippen LogP contribution in [0, 0.1) is 5.92 Å². The van der Waals surface area contributed by atoms with Gasteiger partial charge in [0.2, 0.25) is 17.7 Å². The molecule has 0 aromatic rings. The second kappa shape index (κ2) is 21.4. The van der Waals surface area contributed by atoms with Crippen molar-refractivity contribution >= 4 is 17.7 Å². The standard InChI is InChI=1S/C28H54N4O4/c1-2-3-17-24(27(35)30-21-19-23-15-11-10-12-16-23)32-28(36)25(22-33)31-26(34)18-13-8-6-4-5-7-9-14-20-29/h23-25,33H,2-22,29H2,1H3,(H,30,35)(H,31,34)(H,32,36)/t24-,25-/m0/s1. The Hall–Kier alpha value is -1.67. The molecule has 0 saturated heterocycles. The monoisotopic (exact) mass is 510 g/mol. The van der Waals surface area contributed by atoms with Crippen molar-refractivity contribution in [3.63, 3.8) is 0 Å². The largest absolute Gasteiger partial charge is 0.394 e. The molecule has 1 saturated carbocycles. The van der Waals surface area contributed by atoms with E-state index in [2.05, 4.69) is 16.0 Å². The van der Waals surface area contributed by atoms with Gasteiger partial charge in [-0.2, -0.15) is 0 Å². The first-order valence-electron chi connectivity index (χ1n) is 14.7. The maximum Gasteiger partial charge on any atom is 0.245 e. The molecule has 0 unspecified atom stereocenters. The van der Waals surface area contributed by atoms with Crippen molar-refractivity contribution in [3.8, 4) is 0 Å². The molecule has 0 aromatic heterocycles. The summed E-state index contributed by atoms with van der Waals surface area (Å²) in [4.78, 5) is 37.9. The minimum absolute atomic E-state index is 0.182. The van der Waals surface area contributed by atoms with Crippen LogP contribution >= 0.6 is 0 Å². The maximum atomic E-state index is 12.8. The highest BCUT2D eigenvalue weighted by molar-refractivity contribution is 5.92. The molecule has 36 heavy (non-hydrogen) atoms. The summed E-state index contributed by atoms with van der Waals surface area (Å²) in [6.45, 7) is 2.92. The molecule has 0 bridgehead atoms. The number of nitrogens with one attached hydrogen (secondary N) is 3. The fraction of sp³-hybridized carbons (Fsp3) is 0.893. The Balaban J connectivity index is 2.35. The van der Waals surface area contributed by atoms with Crippen LogP contribution in [0.2, 0.25) is 0 Å². The van der Waals surface area contributed by atoms with Gasteiger partial charge in [-0.05, 0) is 38.1 Å². The summed E-state index contributed by atoms with van der Waals surface area (Å²) in [6, 6.07) is -1.70. The number of carbonyl (C=O) groups is 3. The van der Waals surface area contributed by atoms with E-state index in [9.17, 15) is 19.5 Å². The van der Waals surface area contributed by atoms with E-state index >= 15 is 0 Å². The lowest BCUT2D eigenvalue weighted by Crippen LogP contribution is -2.55. The maximum absolute atomic E-state index is 12.8. The van der Waals surface area contributed by atoms with E-state index in [4.69, 9.17) is 5.73 Å². The second-order valence-corrected chi connectivity index (χ2v) is 10.5. The lowest BCUT2D eigenvalue weighted by molar-refractivity contribution is -0.133. The highest BCUT2D eigenvalue weighted by Gasteiger charge is 2.26. The predicted octanol–water partition coefficient (Wildman–Crippen LogP) is 3.69. The number of amides is 3. The van der Waals surface area contributed by atoms with Crippen LogP contribution in [0.15, 0.2) is 0 Å². The van der Waals surface area contributed by atoms with Crippen molar-refractivity contribution < 1.29 is 19.5 Å². The summed E-state index contributed by atoms with van der Waals surface area (Å²) in [6.07, 6.45) is 18.6.